The van der Waals surface area contributed by atoms with Crippen molar-refractivity contribution < 1.29 is 10.2 Å². The van der Waals surface area contributed by atoms with Crippen molar-refractivity contribution in [1.82, 2.24) is 9.97 Å². The Hall–Kier alpha value is -0.720. The van der Waals surface area contributed by atoms with Crippen LogP contribution in [0.4, 0.5) is 5.82 Å². The summed E-state index contributed by atoms with van der Waals surface area (Å²) < 4.78 is 0.687. The highest BCUT2D eigenvalue weighted by Gasteiger charge is 2.07. The van der Waals surface area contributed by atoms with Gasteiger partial charge in [-0.05, 0) is 15.9 Å². The Kier molecular flexibility index (Phi) is 4.93. The van der Waals surface area contributed by atoms with Crippen LogP contribution in [-0.4, -0.2) is 39.4 Å². The smallest absolute Gasteiger partial charge is 0.131 e. The van der Waals surface area contributed by atoms with Gasteiger partial charge in [-0.1, -0.05) is 6.92 Å². The van der Waals surface area contributed by atoms with Crippen LogP contribution in [0, 0.1) is 0 Å². The maximum Gasteiger partial charge on any atom is 0.131 e. The minimum atomic E-state index is -0.392. The molecule has 5 nitrogen and oxygen atoms in total. The molecule has 0 bridgehead atoms. The van der Waals surface area contributed by atoms with Crippen molar-refractivity contribution in [2.45, 2.75) is 19.4 Å². The number of hydrogen-bond donors (Lipinski definition) is 3. The van der Waals surface area contributed by atoms with Gasteiger partial charge in [0.15, 0.2) is 0 Å². The number of anilines is 1. The second-order valence-corrected chi connectivity index (χ2v) is 3.86. The minimum absolute atomic E-state index is 0.139. The lowest BCUT2D eigenvalue weighted by Crippen LogP contribution is -2.28. The Morgan fingerprint density at radius 3 is 2.60 bits per heavy atom. The molecule has 0 amide bonds. The Morgan fingerprint density at radius 1 is 1.40 bits per heavy atom. The largest absolute Gasteiger partial charge is 0.394 e. The van der Waals surface area contributed by atoms with Gasteiger partial charge in [-0.2, -0.15) is 0 Å². The van der Waals surface area contributed by atoms with Gasteiger partial charge in [0.25, 0.3) is 0 Å². The first-order chi connectivity index (χ1) is 7.19. The Bertz CT molecular complexity index is 318. The van der Waals surface area contributed by atoms with Gasteiger partial charge in [-0.15, -0.1) is 0 Å². The van der Waals surface area contributed by atoms with E-state index in [-0.39, 0.29) is 13.2 Å². The fourth-order valence-corrected chi connectivity index (χ4v) is 1.48. The summed E-state index contributed by atoms with van der Waals surface area (Å²) >= 11 is 3.27. The number of nitrogens with zero attached hydrogens (tertiary/aromatic N) is 2. The van der Waals surface area contributed by atoms with Gasteiger partial charge >= 0.3 is 0 Å². The molecule has 3 N–H and O–H groups in total. The van der Waals surface area contributed by atoms with Gasteiger partial charge in [-0.3, -0.25) is 0 Å². The van der Waals surface area contributed by atoms with Crippen molar-refractivity contribution in [2.75, 3.05) is 18.5 Å². The quantitative estimate of drug-likeness (QED) is 0.685. The average Bonchev–Trinajstić information content (AvgIpc) is 2.25. The maximum atomic E-state index is 8.91. The van der Waals surface area contributed by atoms with E-state index in [4.69, 9.17) is 10.2 Å². The zero-order valence-corrected chi connectivity index (χ0v) is 10.0. The summed E-state index contributed by atoms with van der Waals surface area (Å²) in [5, 5.41) is 20.7. The van der Waals surface area contributed by atoms with Crippen molar-refractivity contribution in [3.05, 3.63) is 16.5 Å². The van der Waals surface area contributed by atoms with Gasteiger partial charge in [0.2, 0.25) is 0 Å². The average molecular weight is 276 g/mol. The molecule has 0 aliphatic heterocycles. The minimum Gasteiger partial charge on any atom is -0.394 e. The zero-order chi connectivity index (χ0) is 11.3. The summed E-state index contributed by atoms with van der Waals surface area (Å²) in [6.07, 6.45) is 0.733. The molecule has 0 fully saturated rings. The van der Waals surface area contributed by atoms with Crippen LogP contribution in [0.15, 0.2) is 10.7 Å². The third kappa shape index (κ3) is 3.73. The fourth-order valence-electron chi connectivity index (χ4n) is 1.05. The van der Waals surface area contributed by atoms with Crippen LogP contribution < -0.4 is 5.32 Å². The monoisotopic (exact) mass is 275 g/mol. The number of aliphatic hydroxyl groups excluding tert-OH is 2. The van der Waals surface area contributed by atoms with E-state index >= 15 is 0 Å². The van der Waals surface area contributed by atoms with Crippen LogP contribution >= 0.6 is 15.9 Å². The van der Waals surface area contributed by atoms with E-state index in [1.54, 1.807) is 6.07 Å². The molecule has 15 heavy (non-hydrogen) atoms. The predicted molar refractivity (Wildman–Crippen MR) is 60.7 cm³/mol. The van der Waals surface area contributed by atoms with Crippen molar-refractivity contribution in [3.63, 3.8) is 0 Å². The summed E-state index contributed by atoms with van der Waals surface area (Å²) in [5.74, 6) is 1.31. The summed E-state index contributed by atoms with van der Waals surface area (Å²) in [6.45, 7) is 1.68. The molecular formula is C9H14BrN3O2. The Morgan fingerprint density at radius 2 is 2.07 bits per heavy atom. The second kappa shape index (κ2) is 5.99. The number of aryl methyl sites for hydroxylation is 1. The lowest BCUT2D eigenvalue weighted by Gasteiger charge is -2.14. The number of aliphatic hydroxyl groups is 2. The number of rotatable bonds is 5. The molecule has 0 aromatic carbocycles. The zero-order valence-electron chi connectivity index (χ0n) is 8.44. The second-order valence-electron chi connectivity index (χ2n) is 3.05. The topological polar surface area (TPSA) is 78.3 Å². The molecule has 0 unspecified atom stereocenters. The molecule has 0 radical (unpaired) electrons. The van der Waals surface area contributed by atoms with Crippen LogP contribution in [0.2, 0.25) is 0 Å². The van der Waals surface area contributed by atoms with E-state index in [2.05, 4.69) is 31.2 Å². The molecule has 0 aliphatic carbocycles. The van der Waals surface area contributed by atoms with Crippen LogP contribution in [0.1, 0.15) is 12.7 Å². The lowest BCUT2D eigenvalue weighted by molar-refractivity contribution is 0.203. The van der Waals surface area contributed by atoms with Crippen LogP contribution in [0.25, 0.3) is 0 Å². The summed E-state index contributed by atoms with van der Waals surface area (Å²) in [7, 11) is 0. The third-order valence-electron chi connectivity index (χ3n) is 1.85. The first-order valence-electron chi connectivity index (χ1n) is 4.71. The highest BCUT2D eigenvalue weighted by atomic mass is 79.9. The molecule has 0 saturated heterocycles. The standard InChI is InChI=1S/C9H14BrN3O2/c1-2-8-12-7(10)3-9(13-8)11-6(4-14)5-15/h3,6,14-15H,2,4-5H2,1H3,(H,11,12,13). The normalized spacial score (nSPS) is 10.7. The number of halogens is 1. The number of nitrogens with one attached hydrogen (secondary N) is 1. The SMILES string of the molecule is CCc1nc(Br)cc(NC(CO)CO)n1. The predicted octanol–water partition coefficient (Wildman–Crippen LogP) is 0.567. The van der Waals surface area contributed by atoms with Crippen molar-refractivity contribution in [3.8, 4) is 0 Å². The summed E-state index contributed by atoms with van der Waals surface area (Å²) in [5.41, 5.74) is 0. The highest BCUT2D eigenvalue weighted by Crippen LogP contribution is 2.13. The van der Waals surface area contributed by atoms with E-state index in [1.165, 1.54) is 0 Å². The molecule has 0 saturated carbocycles. The van der Waals surface area contributed by atoms with Crippen molar-refractivity contribution in [1.29, 1.82) is 0 Å². The highest BCUT2D eigenvalue weighted by molar-refractivity contribution is 9.10. The maximum absolute atomic E-state index is 8.91. The van der Waals surface area contributed by atoms with E-state index in [0.717, 1.165) is 6.42 Å². The van der Waals surface area contributed by atoms with Gasteiger partial charge < -0.3 is 15.5 Å². The molecule has 0 spiro atoms. The Balaban J connectivity index is 2.79. The third-order valence-corrected chi connectivity index (χ3v) is 2.26. The lowest BCUT2D eigenvalue weighted by atomic mass is 10.3. The summed E-state index contributed by atoms with van der Waals surface area (Å²) in [4.78, 5) is 8.37. The van der Waals surface area contributed by atoms with Gasteiger partial charge in [0, 0.05) is 12.5 Å². The first kappa shape index (κ1) is 12.4. The molecule has 1 rings (SSSR count). The number of aromatic nitrogens is 2. The van der Waals surface area contributed by atoms with Gasteiger partial charge in [-0.25, -0.2) is 9.97 Å². The first-order valence-corrected chi connectivity index (χ1v) is 5.50. The fraction of sp³-hybridized carbons (Fsp3) is 0.556. The molecule has 1 aromatic heterocycles. The molecule has 0 aliphatic rings. The molecule has 84 valence electrons. The van der Waals surface area contributed by atoms with Crippen LogP contribution in [0.3, 0.4) is 0 Å². The van der Waals surface area contributed by atoms with E-state index in [9.17, 15) is 0 Å². The van der Waals surface area contributed by atoms with Crippen molar-refractivity contribution in [2.24, 2.45) is 0 Å². The Labute approximate surface area is 96.7 Å². The molecule has 6 heteroatoms. The molecular weight excluding hydrogens is 262 g/mol. The molecule has 1 aromatic rings. The van der Waals surface area contributed by atoms with Crippen LogP contribution in [0.5, 0.6) is 0 Å². The van der Waals surface area contributed by atoms with Gasteiger partial charge in [0.05, 0.1) is 19.3 Å². The molecule has 0 atom stereocenters. The van der Waals surface area contributed by atoms with E-state index in [1.807, 2.05) is 6.92 Å². The van der Waals surface area contributed by atoms with E-state index in [0.29, 0.717) is 16.2 Å². The molecule has 1 heterocycles. The van der Waals surface area contributed by atoms with E-state index < -0.39 is 6.04 Å². The van der Waals surface area contributed by atoms with Gasteiger partial charge in [0.1, 0.15) is 16.2 Å². The number of hydrogen-bond acceptors (Lipinski definition) is 5. The summed E-state index contributed by atoms with van der Waals surface area (Å²) in [6, 6.07) is 1.31. The van der Waals surface area contributed by atoms with Crippen molar-refractivity contribution >= 4 is 21.7 Å². The van der Waals surface area contributed by atoms with Crippen LogP contribution in [-0.2, 0) is 6.42 Å².